The number of hydrogen-bond acceptors (Lipinski definition) is 8. The number of piperazine rings is 1. The highest BCUT2D eigenvalue weighted by molar-refractivity contribution is 7.22. The van der Waals surface area contributed by atoms with E-state index in [1.807, 2.05) is 42.5 Å². The molecule has 3 heterocycles. The summed E-state index contributed by atoms with van der Waals surface area (Å²) in [6.07, 6.45) is 1.01. The van der Waals surface area contributed by atoms with Gasteiger partial charge in [0.05, 0.1) is 29.4 Å². The van der Waals surface area contributed by atoms with Gasteiger partial charge in [0, 0.05) is 36.2 Å². The van der Waals surface area contributed by atoms with Crippen LogP contribution < -0.4 is 11.1 Å². The van der Waals surface area contributed by atoms with Crippen molar-refractivity contribution in [2.75, 3.05) is 25.4 Å². The van der Waals surface area contributed by atoms with Gasteiger partial charge in [-0.15, -0.1) is 0 Å². The number of benzene rings is 3. The number of amides is 4. The Morgan fingerprint density at radius 2 is 1.90 bits per heavy atom. The highest BCUT2D eigenvalue weighted by Gasteiger charge is 2.52. The first-order chi connectivity index (χ1) is 24.9. The molecule has 268 valence electrons. The molecular formula is C37H35F3N8O3S. The van der Waals surface area contributed by atoms with Gasteiger partial charge in [-0.05, 0) is 36.6 Å². The fraction of sp³-hybridized carbons (Fsp3) is 0.270. The minimum atomic E-state index is -1.51. The summed E-state index contributed by atoms with van der Waals surface area (Å²) in [6.45, 7) is 5.79. The van der Waals surface area contributed by atoms with E-state index >= 15 is 13.2 Å². The third kappa shape index (κ3) is 6.70. The maximum absolute atomic E-state index is 16.2. The van der Waals surface area contributed by atoms with Crippen LogP contribution in [0.4, 0.5) is 23.1 Å². The number of para-hydroxylation sites is 1. The van der Waals surface area contributed by atoms with Gasteiger partial charge >= 0.3 is 6.03 Å². The summed E-state index contributed by atoms with van der Waals surface area (Å²) in [6, 6.07) is 14.2. The second-order valence-electron chi connectivity index (χ2n) is 12.5. The van der Waals surface area contributed by atoms with Crippen LogP contribution in [0.15, 0.2) is 61.2 Å². The summed E-state index contributed by atoms with van der Waals surface area (Å²) in [4.78, 5) is 48.8. The van der Waals surface area contributed by atoms with Crippen LogP contribution >= 0.6 is 11.3 Å². The Morgan fingerprint density at radius 3 is 2.60 bits per heavy atom. The lowest BCUT2D eigenvalue weighted by molar-refractivity contribution is -0.157. The molecule has 2 aliphatic rings. The van der Waals surface area contributed by atoms with Crippen LogP contribution in [0, 0.1) is 28.8 Å². The molecule has 3 aromatic carbocycles. The van der Waals surface area contributed by atoms with E-state index in [0.29, 0.717) is 16.2 Å². The number of urea groups is 1. The number of rotatable bonds is 10. The number of nitrogen functional groups attached to an aromatic ring is 1. The van der Waals surface area contributed by atoms with Crippen molar-refractivity contribution in [1.82, 2.24) is 30.1 Å². The SMILES string of the molecule is C=C(C)c1c(F)c(F)c(C[C@H]2C(=O)N(Cc3cccc4sc(N)nc34)C[C@H]3N2C(=O)CN3N(CC#N)C(=O)NCc2ccccc2)c(F)c1/C=C/C. The standard InChI is InChI=1S/C37H35F3N8O3S/c1-4-9-24-30(21(2)3)33(40)32(39)25(31(24)38)16-26-35(50)45(18-23-12-8-13-27-34(23)44-36(42)52-27)19-28-47(20-29(49)48(26)28)46(15-14-41)37(51)43-17-22-10-6-5-7-11-22/h4-13,26,28H,2,15-20H2,1,3H3,(H2,42,44)(H,43,51)/b9-4+/t26-,28+/m0/s1. The zero-order valence-corrected chi connectivity index (χ0v) is 29.2. The average Bonchev–Trinajstić information content (AvgIpc) is 3.67. The number of thiazole rings is 1. The molecule has 52 heavy (non-hydrogen) atoms. The second-order valence-corrected chi connectivity index (χ2v) is 13.5. The van der Waals surface area contributed by atoms with Crippen molar-refractivity contribution >= 4 is 56.2 Å². The number of hydrogen-bond donors (Lipinski definition) is 2. The van der Waals surface area contributed by atoms with E-state index in [-0.39, 0.29) is 36.3 Å². The first kappa shape index (κ1) is 36.1. The smallest absolute Gasteiger partial charge is 0.333 e. The van der Waals surface area contributed by atoms with Crippen molar-refractivity contribution in [2.24, 2.45) is 0 Å². The number of carbonyl (C=O) groups is 3. The molecule has 2 aliphatic heterocycles. The van der Waals surface area contributed by atoms with Crippen LogP contribution in [0.25, 0.3) is 21.9 Å². The molecule has 0 saturated carbocycles. The molecular weight excluding hydrogens is 694 g/mol. The minimum Gasteiger partial charge on any atom is -0.375 e. The van der Waals surface area contributed by atoms with Gasteiger partial charge in [-0.1, -0.05) is 72.5 Å². The van der Waals surface area contributed by atoms with E-state index in [1.165, 1.54) is 45.2 Å². The summed E-state index contributed by atoms with van der Waals surface area (Å²) in [5.74, 6) is -5.18. The number of aromatic nitrogens is 1. The second kappa shape index (κ2) is 14.9. The normalized spacial score (nSPS) is 17.5. The lowest BCUT2D eigenvalue weighted by Crippen LogP contribution is -2.66. The number of anilines is 1. The van der Waals surface area contributed by atoms with E-state index in [4.69, 9.17) is 5.73 Å². The van der Waals surface area contributed by atoms with Gasteiger partial charge in [-0.25, -0.2) is 28.0 Å². The molecule has 2 saturated heterocycles. The molecule has 11 nitrogen and oxygen atoms in total. The topological polar surface area (TPSA) is 139 Å². The third-order valence-corrected chi connectivity index (χ3v) is 9.95. The van der Waals surface area contributed by atoms with Gasteiger partial charge in [0.25, 0.3) is 0 Å². The van der Waals surface area contributed by atoms with Crippen molar-refractivity contribution < 1.29 is 27.6 Å². The van der Waals surface area contributed by atoms with Crippen molar-refractivity contribution in [1.29, 1.82) is 5.26 Å². The van der Waals surface area contributed by atoms with Gasteiger partial charge in [-0.3, -0.25) is 9.59 Å². The molecule has 3 N–H and O–H groups in total. The van der Waals surface area contributed by atoms with Gasteiger partial charge in [-0.2, -0.15) is 10.3 Å². The molecule has 0 spiro atoms. The number of hydrazine groups is 1. The number of fused-ring (bicyclic) bond motifs is 2. The quantitative estimate of drug-likeness (QED) is 0.164. The Hall–Kier alpha value is -5.72. The number of nitrogens with zero attached hydrogens (tertiary/aromatic N) is 6. The Kier molecular flexibility index (Phi) is 10.3. The predicted molar refractivity (Wildman–Crippen MR) is 191 cm³/mol. The van der Waals surface area contributed by atoms with Crippen LogP contribution in [0.2, 0.25) is 0 Å². The lowest BCUT2D eigenvalue weighted by atomic mass is 9.92. The molecule has 0 bridgehead atoms. The van der Waals surface area contributed by atoms with Crippen LogP contribution in [-0.2, 0) is 29.1 Å². The summed E-state index contributed by atoms with van der Waals surface area (Å²) in [5, 5.41) is 15.3. The van der Waals surface area contributed by atoms with Gasteiger partial charge in [0.1, 0.15) is 24.6 Å². The first-order valence-electron chi connectivity index (χ1n) is 16.4. The molecule has 1 aromatic heterocycles. The van der Waals surface area contributed by atoms with Gasteiger partial charge in [0.2, 0.25) is 11.8 Å². The molecule has 2 atom stereocenters. The molecule has 0 unspecified atom stereocenters. The summed E-state index contributed by atoms with van der Waals surface area (Å²) < 4.78 is 48.5. The predicted octanol–water partition coefficient (Wildman–Crippen LogP) is 5.44. The first-order valence-corrected chi connectivity index (χ1v) is 17.2. The number of nitrogens with two attached hydrogens (primary N) is 1. The van der Waals surface area contributed by atoms with Crippen molar-refractivity contribution in [3.63, 3.8) is 0 Å². The number of nitriles is 1. The maximum atomic E-state index is 16.2. The Balaban J connectivity index is 1.41. The van der Waals surface area contributed by atoms with E-state index in [1.54, 1.807) is 19.1 Å². The maximum Gasteiger partial charge on any atom is 0.333 e. The highest BCUT2D eigenvalue weighted by Crippen LogP contribution is 2.36. The molecule has 4 aromatic rings. The fourth-order valence-electron chi connectivity index (χ4n) is 6.80. The molecule has 4 amide bonds. The molecule has 15 heteroatoms. The summed E-state index contributed by atoms with van der Waals surface area (Å²) in [7, 11) is 0. The molecule has 0 aliphatic carbocycles. The van der Waals surface area contributed by atoms with Crippen LogP contribution in [0.1, 0.15) is 41.7 Å². The number of nitrogens with one attached hydrogen (secondary N) is 1. The van der Waals surface area contributed by atoms with E-state index < -0.39 is 72.6 Å². The summed E-state index contributed by atoms with van der Waals surface area (Å²) >= 11 is 1.27. The van der Waals surface area contributed by atoms with E-state index in [0.717, 1.165) is 15.3 Å². The molecule has 2 fully saturated rings. The molecule has 0 radical (unpaired) electrons. The van der Waals surface area contributed by atoms with E-state index in [9.17, 15) is 19.6 Å². The zero-order valence-electron chi connectivity index (χ0n) is 28.4. The molecule has 6 rings (SSSR count). The Bertz CT molecular complexity index is 2150. The number of halogens is 3. The largest absolute Gasteiger partial charge is 0.375 e. The van der Waals surface area contributed by atoms with Crippen molar-refractivity contribution in [2.45, 2.75) is 45.6 Å². The van der Waals surface area contributed by atoms with Crippen LogP contribution in [-0.4, -0.2) is 74.5 Å². The van der Waals surface area contributed by atoms with Crippen LogP contribution in [0.5, 0.6) is 0 Å². The van der Waals surface area contributed by atoms with Gasteiger partial charge < -0.3 is 20.9 Å². The monoisotopic (exact) mass is 728 g/mol. The highest BCUT2D eigenvalue weighted by atomic mass is 32.1. The third-order valence-electron chi connectivity index (χ3n) is 9.10. The lowest BCUT2D eigenvalue weighted by Gasteiger charge is -2.46. The van der Waals surface area contributed by atoms with Crippen molar-refractivity contribution in [3.8, 4) is 6.07 Å². The average molecular weight is 729 g/mol. The Morgan fingerprint density at radius 1 is 1.15 bits per heavy atom. The zero-order chi connectivity index (χ0) is 37.3. The Labute approximate surface area is 302 Å². The minimum absolute atomic E-state index is 0.0293. The number of carbonyl (C=O) groups excluding carboxylic acids is 3. The van der Waals surface area contributed by atoms with Crippen LogP contribution in [0.3, 0.4) is 0 Å². The summed E-state index contributed by atoms with van der Waals surface area (Å²) in [5.41, 5.74) is 6.77. The number of allylic oxidation sites excluding steroid dienone is 2. The fourth-order valence-corrected chi connectivity index (χ4v) is 7.58. The van der Waals surface area contributed by atoms with Gasteiger partial charge in [0.15, 0.2) is 16.8 Å². The van der Waals surface area contributed by atoms with Crippen molar-refractivity contribution in [3.05, 3.63) is 106 Å². The van der Waals surface area contributed by atoms with E-state index in [2.05, 4.69) is 16.9 Å².